The van der Waals surface area contributed by atoms with Crippen LogP contribution in [0, 0.1) is 0 Å². The fourth-order valence-corrected chi connectivity index (χ4v) is 2.93. The van der Waals surface area contributed by atoms with Crippen molar-refractivity contribution in [2.75, 3.05) is 0 Å². The van der Waals surface area contributed by atoms with E-state index in [0.29, 0.717) is 0 Å². The third-order valence-corrected chi connectivity index (χ3v) is 4.05. The van der Waals surface area contributed by atoms with Gasteiger partial charge in [-0.05, 0) is 52.8 Å². The number of hydrogen-bond donors (Lipinski definition) is 0. The smallest absolute Gasteiger partial charge is 0.0109 e. The first-order valence-corrected chi connectivity index (χ1v) is 7.49. The summed E-state index contributed by atoms with van der Waals surface area (Å²) >= 11 is 0. The van der Waals surface area contributed by atoms with E-state index < -0.39 is 0 Å². The van der Waals surface area contributed by atoms with Crippen LogP contribution in [0.25, 0.3) is 16.3 Å². The lowest BCUT2D eigenvalue weighted by molar-refractivity contribution is 0.988. The van der Waals surface area contributed by atoms with Gasteiger partial charge >= 0.3 is 0 Å². The Morgan fingerprint density at radius 1 is 1.00 bits per heavy atom. The molecule has 0 saturated heterocycles. The van der Waals surface area contributed by atoms with Crippen LogP contribution in [0.3, 0.4) is 0 Å². The zero-order valence-electron chi connectivity index (χ0n) is 12.5. The Morgan fingerprint density at radius 2 is 1.81 bits per heavy atom. The minimum atomic E-state index is 1.07. The van der Waals surface area contributed by atoms with Crippen molar-refractivity contribution in [2.45, 2.75) is 19.8 Å². The first-order valence-electron chi connectivity index (χ1n) is 7.49. The quantitative estimate of drug-likeness (QED) is 0.622. The largest absolute Gasteiger partial charge is 0.0915 e. The van der Waals surface area contributed by atoms with Gasteiger partial charge in [0.05, 0.1) is 0 Å². The van der Waals surface area contributed by atoms with Gasteiger partial charge in [0.1, 0.15) is 0 Å². The van der Waals surface area contributed by atoms with E-state index >= 15 is 0 Å². The van der Waals surface area contributed by atoms with Crippen molar-refractivity contribution in [3.8, 4) is 0 Å². The number of benzene rings is 2. The van der Waals surface area contributed by atoms with Crippen molar-refractivity contribution < 1.29 is 0 Å². The number of rotatable bonds is 2. The second-order valence-corrected chi connectivity index (χ2v) is 5.44. The van der Waals surface area contributed by atoms with Gasteiger partial charge in [0.2, 0.25) is 0 Å². The lowest BCUT2D eigenvalue weighted by atomic mass is 9.86. The molecule has 0 nitrogen and oxygen atoms in total. The predicted molar refractivity (Wildman–Crippen MR) is 93.2 cm³/mol. The van der Waals surface area contributed by atoms with Gasteiger partial charge in [-0.15, -0.1) is 0 Å². The number of fused-ring (bicyclic) bond motifs is 1. The monoisotopic (exact) mass is 272 g/mol. The SMILES string of the molecule is C=C1C=C(c2cccc3ccccc23)CC/C1=C/C=C/C. The molecule has 0 saturated carbocycles. The molecule has 0 amide bonds. The van der Waals surface area contributed by atoms with Crippen molar-refractivity contribution in [1.29, 1.82) is 0 Å². The molecule has 1 aliphatic carbocycles. The van der Waals surface area contributed by atoms with Crippen LogP contribution in [-0.2, 0) is 0 Å². The van der Waals surface area contributed by atoms with Crippen molar-refractivity contribution >= 4 is 16.3 Å². The molecule has 0 atom stereocenters. The molecular formula is C21H20. The summed E-state index contributed by atoms with van der Waals surface area (Å²) in [6.45, 7) is 6.27. The summed E-state index contributed by atoms with van der Waals surface area (Å²) in [4.78, 5) is 0. The zero-order chi connectivity index (χ0) is 14.7. The van der Waals surface area contributed by atoms with Crippen molar-refractivity contribution in [3.63, 3.8) is 0 Å². The van der Waals surface area contributed by atoms with Crippen molar-refractivity contribution in [2.24, 2.45) is 0 Å². The molecular weight excluding hydrogens is 252 g/mol. The molecule has 0 N–H and O–H groups in total. The Morgan fingerprint density at radius 3 is 2.62 bits per heavy atom. The van der Waals surface area contributed by atoms with Crippen molar-refractivity contribution in [3.05, 3.63) is 90.1 Å². The van der Waals surface area contributed by atoms with E-state index in [1.54, 1.807) is 0 Å². The minimum Gasteiger partial charge on any atom is -0.0915 e. The predicted octanol–water partition coefficient (Wildman–Crippen LogP) is 6.08. The average Bonchev–Trinajstić information content (AvgIpc) is 2.53. The van der Waals surface area contributed by atoms with Crippen LogP contribution in [0.5, 0.6) is 0 Å². The molecule has 0 aliphatic heterocycles. The molecule has 0 fully saturated rings. The van der Waals surface area contributed by atoms with Crippen molar-refractivity contribution in [1.82, 2.24) is 0 Å². The van der Waals surface area contributed by atoms with Crippen LogP contribution in [-0.4, -0.2) is 0 Å². The Bertz CT molecular complexity index is 764. The van der Waals surface area contributed by atoms with Gasteiger partial charge in [0.25, 0.3) is 0 Å². The Kier molecular flexibility index (Phi) is 3.87. The Labute approximate surface area is 126 Å². The van der Waals surface area contributed by atoms with Crippen LogP contribution < -0.4 is 0 Å². The molecule has 21 heavy (non-hydrogen) atoms. The molecule has 3 rings (SSSR count). The highest BCUT2D eigenvalue weighted by Gasteiger charge is 2.13. The van der Waals surface area contributed by atoms with Crippen LogP contribution in [0.4, 0.5) is 0 Å². The summed E-state index contributed by atoms with van der Waals surface area (Å²) < 4.78 is 0. The molecule has 0 unspecified atom stereocenters. The van der Waals surface area contributed by atoms with E-state index in [1.807, 2.05) is 6.92 Å². The topological polar surface area (TPSA) is 0 Å². The van der Waals surface area contributed by atoms with E-state index in [-0.39, 0.29) is 0 Å². The standard InChI is InChI=1S/C21H20/c1-3-4-8-17-13-14-19(15-16(17)2)21-12-7-10-18-9-5-6-11-20(18)21/h3-12,15H,2,13-14H2,1H3/b4-3+,17-8-. The summed E-state index contributed by atoms with van der Waals surface area (Å²) in [5.41, 5.74) is 5.23. The maximum absolute atomic E-state index is 4.23. The van der Waals surface area contributed by atoms with Crippen LogP contribution in [0.2, 0.25) is 0 Å². The summed E-state index contributed by atoms with van der Waals surface area (Å²) in [5.74, 6) is 0. The molecule has 0 aromatic heterocycles. The van der Waals surface area contributed by atoms with Gasteiger partial charge in [-0.1, -0.05) is 73.3 Å². The second-order valence-electron chi connectivity index (χ2n) is 5.44. The zero-order valence-corrected chi connectivity index (χ0v) is 12.5. The van der Waals surface area contributed by atoms with Gasteiger partial charge in [-0.25, -0.2) is 0 Å². The molecule has 1 aliphatic rings. The van der Waals surface area contributed by atoms with Gasteiger partial charge in [0, 0.05) is 0 Å². The first-order chi connectivity index (χ1) is 10.3. The van der Waals surface area contributed by atoms with Gasteiger partial charge < -0.3 is 0 Å². The Balaban J connectivity index is 2.03. The molecule has 0 bridgehead atoms. The first kappa shape index (κ1) is 13.6. The third-order valence-electron chi connectivity index (χ3n) is 4.05. The molecule has 0 heterocycles. The highest BCUT2D eigenvalue weighted by Crippen LogP contribution is 2.35. The van der Waals surface area contributed by atoms with Crippen LogP contribution in [0.15, 0.2) is 84.5 Å². The fraction of sp³-hybridized carbons (Fsp3) is 0.143. The summed E-state index contributed by atoms with van der Waals surface area (Å²) in [6.07, 6.45) is 10.7. The molecule has 0 heteroatoms. The Hall–Kier alpha value is -2.34. The lowest BCUT2D eigenvalue weighted by Gasteiger charge is -2.19. The van der Waals surface area contributed by atoms with Crippen LogP contribution >= 0.6 is 0 Å². The highest BCUT2D eigenvalue weighted by atomic mass is 14.2. The third kappa shape index (κ3) is 2.75. The van der Waals surface area contributed by atoms with E-state index in [4.69, 9.17) is 0 Å². The molecule has 0 spiro atoms. The van der Waals surface area contributed by atoms with Gasteiger partial charge in [-0.2, -0.15) is 0 Å². The van der Waals surface area contributed by atoms with Gasteiger partial charge in [-0.3, -0.25) is 0 Å². The maximum Gasteiger partial charge on any atom is -0.0109 e. The molecule has 2 aromatic rings. The van der Waals surface area contributed by atoms with E-state index in [9.17, 15) is 0 Å². The lowest BCUT2D eigenvalue weighted by Crippen LogP contribution is -1.98. The molecule has 2 aromatic carbocycles. The molecule has 104 valence electrons. The van der Waals surface area contributed by atoms with E-state index in [2.05, 4.69) is 73.3 Å². The van der Waals surface area contributed by atoms with E-state index in [0.717, 1.165) is 18.4 Å². The fourth-order valence-electron chi connectivity index (χ4n) is 2.93. The summed E-state index contributed by atoms with van der Waals surface area (Å²) in [7, 11) is 0. The normalized spacial score (nSPS) is 17.7. The summed E-state index contributed by atoms with van der Waals surface area (Å²) in [5, 5.41) is 2.64. The van der Waals surface area contributed by atoms with Gasteiger partial charge in [0.15, 0.2) is 0 Å². The second kappa shape index (κ2) is 5.97. The molecule has 0 radical (unpaired) electrons. The maximum atomic E-state index is 4.23. The number of allylic oxidation sites excluding steroid dienone is 7. The minimum absolute atomic E-state index is 1.07. The highest BCUT2D eigenvalue weighted by molar-refractivity contribution is 5.94. The summed E-state index contributed by atoms with van der Waals surface area (Å²) in [6, 6.07) is 15.1. The average molecular weight is 272 g/mol. The van der Waals surface area contributed by atoms with Crippen LogP contribution in [0.1, 0.15) is 25.3 Å². The number of hydrogen-bond acceptors (Lipinski definition) is 0. The van der Waals surface area contributed by atoms with E-state index in [1.165, 1.54) is 27.5 Å².